The van der Waals surface area contributed by atoms with Crippen molar-refractivity contribution in [2.75, 3.05) is 5.32 Å². The first-order valence-corrected chi connectivity index (χ1v) is 9.20. The number of carbonyl (C=O) groups excluding carboxylic acids is 1. The van der Waals surface area contributed by atoms with Crippen LogP contribution in [0.2, 0.25) is 0 Å². The summed E-state index contributed by atoms with van der Waals surface area (Å²) in [4.78, 5) is 12.1. The van der Waals surface area contributed by atoms with Gasteiger partial charge in [0.25, 0.3) is 5.91 Å². The maximum absolute atomic E-state index is 12.1. The van der Waals surface area contributed by atoms with Crippen LogP contribution in [0.1, 0.15) is 11.1 Å². The van der Waals surface area contributed by atoms with E-state index in [2.05, 4.69) is 73.1 Å². The molecule has 0 saturated carbocycles. The Hall–Kier alpha value is -0.360. The normalized spacial score (nSPS) is 15.2. The Balaban J connectivity index is 2.13. The van der Waals surface area contributed by atoms with E-state index in [1.807, 2.05) is 36.4 Å². The first kappa shape index (κ1) is 15.5. The van der Waals surface area contributed by atoms with E-state index < -0.39 is 0 Å². The van der Waals surface area contributed by atoms with Gasteiger partial charge in [0.15, 0.2) is 0 Å². The van der Waals surface area contributed by atoms with Crippen LogP contribution in [0.4, 0.5) is 5.69 Å². The second kappa shape index (κ2) is 6.03. The lowest BCUT2D eigenvalue weighted by Crippen LogP contribution is -2.03. The molecule has 0 aromatic heterocycles. The smallest absolute Gasteiger partial charge is 0.256 e. The number of aromatic hydroxyl groups is 1. The Morgan fingerprint density at radius 2 is 1.71 bits per heavy atom. The molecule has 3 nitrogen and oxygen atoms in total. The van der Waals surface area contributed by atoms with Crippen molar-refractivity contribution in [3.05, 3.63) is 52.2 Å². The second-order valence-corrected chi connectivity index (χ2v) is 8.11. The molecule has 0 unspecified atom stereocenters. The Kier molecular flexibility index (Phi) is 4.46. The summed E-state index contributed by atoms with van der Waals surface area (Å²) < 4.78 is 2.63. The molecule has 1 heterocycles. The van der Waals surface area contributed by atoms with Crippen LogP contribution in [0, 0.1) is 10.7 Å². The summed E-state index contributed by atoms with van der Waals surface area (Å²) in [5.41, 5.74) is 3.32. The van der Waals surface area contributed by atoms with Crippen molar-refractivity contribution in [2.24, 2.45) is 0 Å². The van der Waals surface area contributed by atoms with E-state index in [0.717, 1.165) is 27.5 Å². The third kappa shape index (κ3) is 3.07. The summed E-state index contributed by atoms with van der Waals surface area (Å²) in [5.74, 6) is 0.189. The Morgan fingerprint density at radius 3 is 2.38 bits per heavy atom. The van der Waals surface area contributed by atoms with E-state index in [1.165, 1.54) is 0 Å². The quantitative estimate of drug-likeness (QED) is 0.362. The van der Waals surface area contributed by atoms with Crippen molar-refractivity contribution in [3.63, 3.8) is 0 Å². The zero-order valence-electron chi connectivity index (χ0n) is 10.5. The van der Waals surface area contributed by atoms with E-state index in [4.69, 9.17) is 0 Å². The summed E-state index contributed by atoms with van der Waals surface area (Å²) in [5, 5.41) is 12.7. The summed E-state index contributed by atoms with van der Waals surface area (Å²) in [7, 11) is 0. The number of fused-ring (bicyclic) bond motifs is 1. The molecular weight excluding hydrogens is 607 g/mol. The molecule has 0 radical (unpaired) electrons. The fourth-order valence-corrected chi connectivity index (χ4v) is 4.45. The highest BCUT2D eigenvalue weighted by Crippen LogP contribution is 2.35. The summed E-state index contributed by atoms with van der Waals surface area (Å²) in [6.07, 6.45) is 1.86. The molecule has 0 aliphatic carbocycles. The number of benzene rings is 2. The molecule has 6 heteroatoms. The number of hydrogen-bond donors (Lipinski definition) is 2. The molecule has 106 valence electrons. The number of rotatable bonds is 1. The van der Waals surface area contributed by atoms with Crippen LogP contribution in [0.25, 0.3) is 11.6 Å². The van der Waals surface area contributed by atoms with E-state index in [-0.39, 0.29) is 11.7 Å². The van der Waals surface area contributed by atoms with Gasteiger partial charge < -0.3 is 10.4 Å². The van der Waals surface area contributed by atoms with Crippen molar-refractivity contribution < 1.29 is 9.90 Å². The van der Waals surface area contributed by atoms with Crippen LogP contribution in [-0.2, 0) is 4.79 Å². The Labute approximate surface area is 162 Å². The first-order chi connectivity index (χ1) is 9.95. The van der Waals surface area contributed by atoms with Crippen LogP contribution in [0.3, 0.4) is 0 Å². The van der Waals surface area contributed by atoms with Gasteiger partial charge >= 0.3 is 0 Å². The van der Waals surface area contributed by atoms with Crippen molar-refractivity contribution >= 4 is 91.0 Å². The molecule has 2 N–H and O–H groups in total. The number of anilines is 1. The fraction of sp³-hybridized carbons (Fsp3) is 0. The Morgan fingerprint density at radius 1 is 1.05 bits per heavy atom. The molecular formula is C15H8I3NO2. The standard InChI is InChI=1S/C15H8I3NO2/c16-8-1-2-13-9(6-8)10(15(21)19-13)3-7-4-11(17)14(20)12(18)5-7/h1-6,20H,(H,19,21). The number of amides is 1. The summed E-state index contributed by atoms with van der Waals surface area (Å²) in [6, 6.07) is 9.61. The van der Waals surface area contributed by atoms with Gasteiger partial charge in [-0.1, -0.05) is 0 Å². The monoisotopic (exact) mass is 615 g/mol. The molecule has 0 fully saturated rings. The maximum Gasteiger partial charge on any atom is 0.256 e. The number of phenols is 1. The van der Waals surface area contributed by atoms with Gasteiger partial charge in [-0.15, -0.1) is 0 Å². The van der Waals surface area contributed by atoms with E-state index in [1.54, 1.807) is 0 Å². The number of carbonyl (C=O) groups is 1. The minimum absolute atomic E-state index is 0.0925. The minimum Gasteiger partial charge on any atom is -0.506 e. The van der Waals surface area contributed by atoms with Gasteiger partial charge in [-0.2, -0.15) is 0 Å². The van der Waals surface area contributed by atoms with Gasteiger partial charge in [0.2, 0.25) is 0 Å². The SMILES string of the molecule is O=C1Nc2ccc(I)cc2C1=Cc1cc(I)c(O)c(I)c1. The van der Waals surface area contributed by atoms with Gasteiger partial charge in [0.05, 0.1) is 7.14 Å². The molecule has 2 aromatic carbocycles. The predicted molar refractivity (Wildman–Crippen MR) is 109 cm³/mol. The average Bonchev–Trinajstić information content (AvgIpc) is 2.72. The zero-order valence-corrected chi connectivity index (χ0v) is 16.9. The fourth-order valence-electron chi connectivity index (χ4n) is 2.14. The third-order valence-corrected chi connectivity index (χ3v) is 5.43. The van der Waals surface area contributed by atoms with Crippen LogP contribution in [-0.4, -0.2) is 11.0 Å². The summed E-state index contributed by atoms with van der Waals surface area (Å²) >= 11 is 6.41. The first-order valence-electron chi connectivity index (χ1n) is 5.96. The van der Waals surface area contributed by atoms with Gasteiger partial charge in [0, 0.05) is 20.4 Å². The topological polar surface area (TPSA) is 49.3 Å². The molecule has 1 amide bonds. The van der Waals surface area contributed by atoms with Crippen molar-refractivity contribution in [1.29, 1.82) is 0 Å². The third-order valence-electron chi connectivity index (χ3n) is 3.11. The maximum atomic E-state index is 12.1. The number of halogens is 3. The van der Waals surface area contributed by atoms with Crippen molar-refractivity contribution in [1.82, 2.24) is 0 Å². The number of nitrogens with one attached hydrogen (secondary N) is 1. The van der Waals surface area contributed by atoms with Crippen LogP contribution in [0.15, 0.2) is 30.3 Å². The van der Waals surface area contributed by atoms with E-state index in [9.17, 15) is 9.90 Å². The molecule has 1 aliphatic rings. The highest BCUT2D eigenvalue weighted by atomic mass is 127. The lowest BCUT2D eigenvalue weighted by molar-refractivity contribution is -0.110. The molecule has 21 heavy (non-hydrogen) atoms. The zero-order chi connectivity index (χ0) is 15.1. The molecule has 0 atom stereocenters. The average molecular weight is 615 g/mol. The molecule has 0 saturated heterocycles. The summed E-state index contributed by atoms with van der Waals surface area (Å²) in [6.45, 7) is 0. The molecule has 0 spiro atoms. The van der Waals surface area contributed by atoms with Crippen molar-refractivity contribution in [3.8, 4) is 5.75 Å². The lowest BCUT2D eigenvalue weighted by atomic mass is 10.0. The van der Waals surface area contributed by atoms with Gasteiger partial charge in [-0.25, -0.2) is 0 Å². The van der Waals surface area contributed by atoms with Gasteiger partial charge in [-0.3, -0.25) is 4.79 Å². The van der Waals surface area contributed by atoms with Crippen molar-refractivity contribution in [2.45, 2.75) is 0 Å². The molecule has 2 aromatic rings. The van der Waals surface area contributed by atoms with Gasteiger partial charge in [-0.05, 0) is 110 Å². The number of phenolic OH excluding ortho intramolecular Hbond substituents is 1. The van der Waals surface area contributed by atoms with Crippen LogP contribution >= 0.6 is 67.8 Å². The van der Waals surface area contributed by atoms with E-state index >= 15 is 0 Å². The lowest BCUT2D eigenvalue weighted by Gasteiger charge is -2.04. The molecule has 3 rings (SSSR count). The Bertz CT molecular complexity index is 776. The molecule has 0 bridgehead atoms. The van der Waals surface area contributed by atoms with Crippen LogP contribution < -0.4 is 5.32 Å². The highest BCUT2D eigenvalue weighted by Gasteiger charge is 2.24. The second-order valence-electron chi connectivity index (χ2n) is 4.54. The molecule has 1 aliphatic heterocycles. The van der Waals surface area contributed by atoms with Gasteiger partial charge in [0.1, 0.15) is 5.75 Å². The largest absolute Gasteiger partial charge is 0.506 e. The number of hydrogen-bond acceptors (Lipinski definition) is 2. The minimum atomic E-state index is -0.0925. The highest BCUT2D eigenvalue weighted by molar-refractivity contribution is 14.1. The van der Waals surface area contributed by atoms with E-state index in [0.29, 0.717) is 5.57 Å². The van der Waals surface area contributed by atoms with Crippen LogP contribution in [0.5, 0.6) is 5.75 Å². The predicted octanol–water partition coefficient (Wildman–Crippen LogP) is 4.70.